The van der Waals surface area contributed by atoms with Gasteiger partial charge < -0.3 is 19.7 Å². The van der Waals surface area contributed by atoms with E-state index in [4.69, 9.17) is 21.7 Å². The predicted molar refractivity (Wildman–Crippen MR) is 117 cm³/mol. The van der Waals surface area contributed by atoms with Gasteiger partial charge in [-0.15, -0.1) is 0 Å². The number of morpholine rings is 1. The van der Waals surface area contributed by atoms with Crippen molar-refractivity contribution in [2.45, 2.75) is 6.61 Å². The Morgan fingerprint density at radius 3 is 2.68 bits per heavy atom. The second kappa shape index (κ2) is 8.77. The summed E-state index contributed by atoms with van der Waals surface area (Å²) in [6.07, 6.45) is 1.85. The molecule has 0 spiro atoms. The van der Waals surface area contributed by atoms with E-state index >= 15 is 0 Å². The van der Waals surface area contributed by atoms with Crippen LogP contribution in [0.5, 0.6) is 5.75 Å². The molecular weight excluding hydrogens is 392 g/mol. The first-order valence-corrected chi connectivity index (χ1v) is 10.3. The van der Waals surface area contributed by atoms with Gasteiger partial charge in [-0.25, -0.2) is 0 Å². The van der Waals surface area contributed by atoms with Crippen molar-refractivity contribution in [2.24, 2.45) is 0 Å². The van der Waals surface area contributed by atoms with Crippen LogP contribution in [-0.2, 0) is 16.1 Å². The van der Waals surface area contributed by atoms with E-state index in [2.05, 4.69) is 22.3 Å². The molecule has 1 N–H and O–H groups in total. The van der Waals surface area contributed by atoms with E-state index in [1.807, 2.05) is 42.5 Å². The van der Waals surface area contributed by atoms with Crippen LogP contribution in [0.1, 0.15) is 11.1 Å². The third kappa shape index (κ3) is 4.55. The summed E-state index contributed by atoms with van der Waals surface area (Å²) in [5.41, 5.74) is 3.04. The number of carbonyl (C=O) groups excluding carboxylic acids is 1. The van der Waals surface area contributed by atoms with E-state index in [1.54, 1.807) is 0 Å². The second-order valence-electron chi connectivity index (χ2n) is 6.45. The smallest absolute Gasteiger partial charge is 0.263 e. The summed E-state index contributed by atoms with van der Waals surface area (Å²) in [4.78, 5) is 15.0. The molecule has 0 aliphatic carbocycles. The topological polar surface area (TPSA) is 50.8 Å². The summed E-state index contributed by atoms with van der Waals surface area (Å²) >= 11 is 6.38. The fourth-order valence-corrected chi connectivity index (χ4v) is 4.13. The predicted octanol–water partition coefficient (Wildman–Crippen LogP) is 3.59. The molecule has 1 amide bonds. The van der Waals surface area contributed by atoms with Crippen molar-refractivity contribution < 1.29 is 14.3 Å². The second-order valence-corrected chi connectivity index (χ2v) is 8.17. The minimum absolute atomic E-state index is 0.166. The molecule has 28 heavy (non-hydrogen) atoms. The Labute approximate surface area is 173 Å². The number of benzene rings is 2. The molecular formula is C21H20N2O3S2. The van der Waals surface area contributed by atoms with E-state index < -0.39 is 0 Å². The molecule has 2 heterocycles. The van der Waals surface area contributed by atoms with Crippen LogP contribution >= 0.6 is 24.0 Å². The molecule has 5 nitrogen and oxygen atoms in total. The summed E-state index contributed by atoms with van der Waals surface area (Å²) in [6, 6.07) is 16.1. The summed E-state index contributed by atoms with van der Waals surface area (Å²) in [5, 5.41) is 2.66. The molecule has 2 aromatic carbocycles. The zero-order chi connectivity index (χ0) is 19.3. The van der Waals surface area contributed by atoms with Crippen LogP contribution in [0.4, 0.5) is 5.69 Å². The zero-order valence-corrected chi connectivity index (χ0v) is 16.9. The highest BCUT2D eigenvalue weighted by Gasteiger charge is 2.23. The lowest BCUT2D eigenvalue weighted by atomic mass is 10.1. The maximum absolute atomic E-state index is 12.1. The van der Waals surface area contributed by atoms with Crippen LogP contribution in [0, 0.1) is 0 Å². The Morgan fingerprint density at radius 1 is 1.18 bits per heavy atom. The molecule has 144 valence electrons. The lowest BCUT2D eigenvalue weighted by molar-refractivity contribution is -0.115. The molecule has 4 rings (SSSR count). The molecule has 0 unspecified atom stereocenters. The summed E-state index contributed by atoms with van der Waals surface area (Å²) < 4.78 is 12.0. The van der Waals surface area contributed by atoms with Crippen molar-refractivity contribution in [1.82, 2.24) is 5.32 Å². The third-order valence-electron chi connectivity index (χ3n) is 4.54. The van der Waals surface area contributed by atoms with Crippen LogP contribution in [0.3, 0.4) is 0 Å². The average Bonchev–Trinajstić information content (AvgIpc) is 3.05. The third-order valence-corrected chi connectivity index (χ3v) is 5.70. The van der Waals surface area contributed by atoms with Gasteiger partial charge in [-0.3, -0.25) is 4.79 Å². The Bertz CT molecular complexity index is 909. The summed E-state index contributed by atoms with van der Waals surface area (Å²) in [6.45, 7) is 3.59. The highest BCUT2D eigenvalue weighted by Crippen LogP contribution is 2.32. The number of anilines is 1. The van der Waals surface area contributed by atoms with E-state index in [1.165, 1.54) is 11.8 Å². The molecule has 2 aromatic rings. The fourth-order valence-electron chi connectivity index (χ4n) is 3.10. The minimum Gasteiger partial charge on any atom is -0.488 e. The van der Waals surface area contributed by atoms with E-state index in [-0.39, 0.29) is 5.91 Å². The molecule has 2 aliphatic heterocycles. The Hall–Kier alpha value is -2.35. The molecule has 0 saturated carbocycles. The van der Waals surface area contributed by atoms with E-state index in [0.717, 1.165) is 48.9 Å². The first-order chi connectivity index (χ1) is 13.7. The van der Waals surface area contributed by atoms with Crippen molar-refractivity contribution in [3.05, 3.63) is 64.6 Å². The van der Waals surface area contributed by atoms with Crippen LogP contribution in [0.25, 0.3) is 6.08 Å². The monoisotopic (exact) mass is 412 g/mol. The van der Waals surface area contributed by atoms with Crippen molar-refractivity contribution >= 4 is 46.0 Å². The maximum Gasteiger partial charge on any atom is 0.263 e. The summed E-state index contributed by atoms with van der Waals surface area (Å²) in [5.74, 6) is 0.570. The number of hydrogen-bond acceptors (Lipinski definition) is 6. The number of thioether (sulfide) groups is 1. The highest BCUT2D eigenvalue weighted by molar-refractivity contribution is 8.26. The van der Waals surface area contributed by atoms with Gasteiger partial charge in [-0.1, -0.05) is 54.3 Å². The van der Waals surface area contributed by atoms with E-state index in [9.17, 15) is 4.79 Å². The van der Waals surface area contributed by atoms with Crippen LogP contribution in [-0.4, -0.2) is 36.5 Å². The number of thiocarbonyl (C=S) groups is 1. The maximum atomic E-state index is 12.1. The SMILES string of the molecule is O=C1NC(=S)S/C1=C\c1cc(N2CCOCC2)ccc1OCc1ccccc1. The van der Waals surface area contributed by atoms with Crippen molar-refractivity contribution in [3.63, 3.8) is 0 Å². The van der Waals surface area contributed by atoms with Crippen LogP contribution < -0.4 is 15.0 Å². The fraction of sp³-hybridized carbons (Fsp3) is 0.238. The Morgan fingerprint density at radius 2 is 1.96 bits per heavy atom. The molecule has 2 fully saturated rings. The van der Waals surface area contributed by atoms with Gasteiger partial charge in [0.25, 0.3) is 5.91 Å². The number of nitrogens with one attached hydrogen (secondary N) is 1. The van der Waals surface area contributed by atoms with Crippen LogP contribution in [0.2, 0.25) is 0 Å². The minimum atomic E-state index is -0.166. The van der Waals surface area contributed by atoms with Gasteiger partial charge in [0.2, 0.25) is 0 Å². The highest BCUT2D eigenvalue weighted by atomic mass is 32.2. The lowest BCUT2D eigenvalue weighted by Crippen LogP contribution is -2.36. The molecule has 7 heteroatoms. The van der Waals surface area contributed by atoms with Gasteiger partial charge in [-0.2, -0.15) is 0 Å². The molecule has 0 radical (unpaired) electrons. The van der Waals surface area contributed by atoms with Gasteiger partial charge in [0.15, 0.2) is 0 Å². The molecule has 0 aromatic heterocycles. The number of carbonyl (C=O) groups is 1. The number of hydrogen-bond donors (Lipinski definition) is 1. The Kier molecular flexibility index (Phi) is 5.95. The van der Waals surface area contributed by atoms with Gasteiger partial charge in [0, 0.05) is 24.3 Å². The zero-order valence-electron chi connectivity index (χ0n) is 15.2. The lowest BCUT2D eigenvalue weighted by Gasteiger charge is -2.29. The van der Waals surface area contributed by atoms with Crippen molar-refractivity contribution in [3.8, 4) is 5.75 Å². The van der Waals surface area contributed by atoms with E-state index in [0.29, 0.717) is 15.8 Å². The van der Waals surface area contributed by atoms with Gasteiger partial charge >= 0.3 is 0 Å². The molecule has 0 atom stereocenters. The largest absolute Gasteiger partial charge is 0.488 e. The number of rotatable bonds is 5. The molecule has 0 bridgehead atoms. The van der Waals surface area contributed by atoms with Gasteiger partial charge in [-0.05, 0) is 29.8 Å². The first-order valence-electron chi connectivity index (χ1n) is 9.07. The quantitative estimate of drug-likeness (QED) is 0.598. The first kappa shape index (κ1) is 19.0. The summed E-state index contributed by atoms with van der Waals surface area (Å²) in [7, 11) is 0. The average molecular weight is 413 g/mol. The van der Waals surface area contributed by atoms with Gasteiger partial charge in [0.05, 0.1) is 18.1 Å². The normalized spacial score (nSPS) is 18.4. The molecule has 2 saturated heterocycles. The van der Waals surface area contributed by atoms with Crippen molar-refractivity contribution in [1.29, 1.82) is 0 Å². The van der Waals surface area contributed by atoms with Gasteiger partial charge in [0.1, 0.15) is 16.7 Å². The van der Waals surface area contributed by atoms with Crippen LogP contribution in [0.15, 0.2) is 53.4 Å². The number of ether oxygens (including phenoxy) is 2. The number of amides is 1. The molecule has 2 aliphatic rings. The number of nitrogens with zero attached hydrogens (tertiary/aromatic N) is 1. The Balaban J connectivity index is 1.63. The van der Waals surface area contributed by atoms with Crippen molar-refractivity contribution in [2.75, 3.05) is 31.2 Å². The standard InChI is InChI=1S/C21H20N2O3S2/c24-20-19(28-21(27)22-20)13-16-12-17(23-8-10-25-11-9-23)6-7-18(16)26-14-15-4-2-1-3-5-15/h1-7,12-13H,8-11,14H2,(H,22,24,27)/b19-13-.